The van der Waals surface area contributed by atoms with Crippen LogP contribution in [-0.4, -0.2) is 33.4 Å². The Kier molecular flexibility index (Phi) is 6.67. The van der Waals surface area contributed by atoms with Gasteiger partial charge in [0, 0.05) is 30.7 Å². The number of methoxy groups -OCH3 is 1. The molecular weight excluding hydrogens is 312 g/mol. The lowest BCUT2D eigenvalue weighted by Crippen LogP contribution is -2.28. The SMILES string of the molecule is C=CCCCN(C)S(=O)(=O)c1cc(Cl)cc(CN)c1OC. The average molecular weight is 333 g/mol. The zero-order valence-electron chi connectivity index (χ0n) is 12.3. The van der Waals surface area contributed by atoms with Crippen LogP contribution >= 0.6 is 11.6 Å². The minimum absolute atomic E-state index is 0.0408. The van der Waals surface area contributed by atoms with Crippen molar-refractivity contribution in [2.45, 2.75) is 24.3 Å². The predicted octanol–water partition coefficient (Wildman–Crippen LogP) is 2.39. The highest BCUT2D eigenvalue weighted by Crippen LogP contribution is 2.33. The van der Waals surface area contributed by atoms with E-state index in [-0.39, 0.29) is 17.2 Å². The molecular formula is C14H21ClN2O3S. The third-order valence-corrected chi connectivity index (χ3v) is 5.17. The highest BCUT2D eigenvalue weighted by molar-refractivity contribution is 7.89. The van der Waals surface area contributed by atoms with Crippen molar-refractivity contribution in [1.82, 2.24) is 4.31 Å². The molecule has 0 atom stereocenters. The Labute approximate surface area is 131 Å². The van der Waals surface area contributed by atoms with Crippen molar-refractivity contribution in [3.05, 3.63) is 35.4 Å². The van der Waals surface area contributed by atoms with Gasteiger partial charge in [-0.3, -0.25) is 0 Å². The molecule has 1 rings (SSSR count). The Bertz CT molecular complexity index is 602. The molecule has 0 heterocycles. The van der Waals surface area contributed by atoms with Gasteiger partial charge >= 0.3 is 0 Å². The van der Waals surface area contributed by atoms with Gasteiger partial charge < -0.3 is 10.5 Å². The molecule has 2 N–H and O–H groups in total. The number of hydrogen-bond acceptors (Lipinski definition) is 4. The average Bonchev–Trinajstić information content (AvgIpc) is 2.46. The number of hydrogen-bond donors (Lipinski definition) is 1. The van der Waals surface area contributed by atoms with E-state index in [0.717, 1.165) is 6.42 Å². The number of benzene rings is 1. The van der Waals surface area contributed by atoms with Gasteiger partial charge in [0.15, 0.2) is 0 Å². The van der Waals surface area contributed by atoms with Gasteiger partial charge in [0.05, 0.1) is 7.11 Å². The molecule has 1 aromatic carbocycles. The Morgan fingerprint density at radius 1 is 1.48 bits per heavy atom. The van der Waals surface area contributed by atoms with Crippen LogP contribution in [0.15, 0.2) is 29.7 Å². The summed E-state index contributed by atoms with van der Waals surface area (Å²) in [5.74, 6) is 0.248. The van der Waals surface area contributed by atoms with Crippen molar-refractivity contribution in [2.75, 3.05) is 20.7 Å². The van der Waals surface area contributed by atoms with Gasteiger partial charge in [-0.2, -0.15) is 0 Å². The molecule has 0 amide bonds. The monoisotopic (exact) mass is 332 g/mol. The van der Waals surface area contributed by atoms with Crippen molar-refractivity contribution in [3.63, 3.8) is 0 Å². The van der Waals surface area contributed by atoms with Gasteiger partial charge in [0.25, 0.3) is 0 Å². The van der Waals surface area contributed by atoms with E-state index in [0.29, 0.717) is 23.6 Å². The summed E-state index contributed by atoms with van der Waals surface area (Å²) in [6.07, 6.45) is 3.21. The maximum Gasteiger partial charge on any atom is 0.246 e. The van der Waals surface area contributed by atoms with Gasteiger partial charge in [-0.05, 0) is 25.0 Å². The van der Waals surface area contributed by atoms with Gasteiger partial charge in [0.1, 0.15) is 10.6 Å². The maximum absolute atomic E-state index is 12.6. The van der Waals surface area contributed by atoms with E-state index in [2.05, 4.69) is 6.58 Å². The minimum Gasteiger partial charge on any atom is -0.495 e. The summed E-state index contributed by atoms with van der Waals surface area (Å²) in [4.78, 5) is 0.0408. The van der Waals surface area contributed by atoms with Crippen molar-refractivity contribution >= 4 is 21.6 Å². The van der Waals surface area contributed by atoms with Crippen LogP contribution in [-0.2, 0) is 16.6 Å². The lowest BCUT2D eigenvalue weighted by atomic mass is 10.2. The Hall–Kier alpha value is -1.08. The van der Waals surface area contributed by atoms with Crippen molar-refractivity contribution in [1.29, 1.82) is 0 Å². The topological polar surface area (TPSA) is 72.6 Å². The third-order valence-electron chi connectivity index (χ3n) is 3.09. The normalized spacial score (nSPS) is 11.7. The fourth-order valence-electron chi connectivity index (χ4n) is 1.94. The first-order chi connectivity index (χ1) is 9.88. The molecule has 0 radical (unpaired) electrons. The van der Waals surface area contributed by atoms with E-state index < -0.39 is 10.0 Å². The summed E-state index contributed by atoms with van der Waals surface area (Å²) >= 11 is 5.99. The smallest absolute Gasteiger partial charge is 0.246 e. The summed E-state index contributed by atoms with van der Waals surface area (Å²) in [5, 5.41) is 0.314. The van der Waals surface area contributed by atoms with Crippen LogP contribution in [0.2, 0.25) is 5.02 Å². The van der Waals surface area contributed by atoms with Gasteiger partial charge in [0.2, 0.25) is 10.0 Å². The molecule has 0 spiro atoms. The van der Waals surface area contributed by atoms with Crippen LogP contribution in [0.25, 0.3) is 0 Å². The standard InChI is InChI=1S/C14H21ClN2O3S/c1-4-5-6-7-17(2)21(18,19)13-9-12(15)8-11(10-16)14(13)20-3/h4,8-9H,1,5-7,10,16H2,2-3H3. The van der Waals surface area contributed by atoms with Gasteiger partial charge in [-0.25, -0.2) is 12.7 Å². The fourth-order valence-corrected chi connectivity index (χ4v) is 3.68. The molecule has 0 aliphatic heterocycles. The quantitative estimate of drug-likeness (QED) is 0.586. The number of nitrogens with zero attached hydrogens (tertiary/aromatic N) is 1. The number of halogens is 1. The lowest BCUT2D eigenvalue weighted by molar-refractivity contribution is 0.393. The van der Waals surface area contributed by atoms with Crippen LogP contribution in [0.1, 0.15) is 18.4 Å². The Morgan fingerprint density at radius 2 is 2.14 bits per heavy atom. The number of allylic oxidation sites excluding steroid dienone is 1. The fraction of sp³-hybridized carbons (Fsp3) is 0.429. The van der Waals surface area contributed by atoms with Crippen molar-refractivity contribution < 1.29 is 13.2 Å². The second-order valence-corrected chi connectivity index (χ2v) is 7.01. The van der Waals surface area contributed by atoms with Crippen LogP contribution < -0.4 is 10.5 Å². The highest BCUT2D eigenvalue weighted by atomic mass is 35.5. The number of ether oxygens (including phenoxy) is 1. The third kappa shape index (κ3) is 4.20. The molecule has 0 fully saturated rings. The molecule has 0 saturated heterocycles. The summed E-state index contributed by atoms with van der Waals surface area (Å²) in [6, 6.07) is 3.00. The molecule has 0 unspecified atom stereocenters. The first-order valence-corrected chi connectivity index (χ1v) is 8.34. The van der Waals surface area contributed by atoms with Crippen LogP contribution in [0.3, 0.4) is 0 Å². The summed E-state index contributed by atoms with van der Waals surface area (Å²) in [6.45, 7) is 4.16. The number of unbranched alkanes of at least 4 members (excludes halogenated alkanes) is 1. The summed E-state index contributed by atoms with van der Waals surface area (Å²) in [5.41, 5.74) is 6.18. The summed E-state index contributed by atoms with van der Waals surface area (Å²) in [7, 11) is -0.739. The van der Waals surface area contributed by atoms with E-state index in [1.807, 2.05) is 0 Å². The number of nitrogens with two attached hydrogens (primary N) is 1. The zero-order valence-corrected chi connectivity index (χ0v) is 13.9. The molecule has 7 heteroatoms. The Morgan fingerprint density at radius 3 is 2.67 bits per heavy atom. The van der Waals surface area contributed by atoms with Crippen LogP contribution in [0.4, 0.5) is 0 Å². The lowest BCUT2D eigenvalue weighted by Gasteiger charge is -2.20. The van der Waals surface area contributed by atoms with E-state index in [1.54, 1.807) is 12.1 Å². The van der Waals surface area contributed by atoms with Crippen LogP contribution in [0, 0.1) is 0 Å². The van der Waals surface area contributed by atoms with E-state index >= 15 is 0 Å². The van der Waals surface area contributed by atoms with Gasteiger partial charge in [-0.15, -0.1) is 6.58 Å². The highest BCUT2D eigenvalue weighted by Gasteiger charge is 2.26. The number of sulfonamides is 1. The molecule has 0 saturated carbocycles. The molecule has 118 valence electrons. The molecule has 0 bridgehead atoms. The predicted molar refractivity (Wildman–Crippen MR) is 85.1 cm³/mol. The first kappa shape index (κ1) is 18.0. The molecule has 0 aliphatic rings. The minimum atomic E-state index is -3.68. The van der Waals surface area contributed by atoms with Gasteiger partial charge in [-0.1, -0.05) is 17.7 Å². The second-order valence-electron chi connectivity index (χ2n) is 4.56. The van der Waals surface area contributed by atoms with Crippen molar-refractivity contribution in [3.8, 4) is 5.75 Å². The molecule has 1 aromatic rings. The molecule has 21 heavy (non-hydrogen) atoms. The number of rotatable bonds is 8. The molecule has 5 nitrogen and oxygen atoms in total. The summed E-state index contributed by atoms with van der Waals surface area (Å²) < 4.78 is 31.8. The van der Waals surface area contributed by atoms with Crippen molar-refractivity contribution in [2.24, 2.45) is 5.73 Å². The molecule has 0 aromatic heterocycles. The van der Waals surface area contributed by atoms with E-state index in [1.165, 1.54) is 24.5 Å². The van der Waals surface area contributed by atoms with E-state index in [9.17, 15) is 8.42 Å². The first-order valence-electron chi connectivity index (χ1n) is 6.52. The Balaban J connectivity index is 3.24. The maximum atomic E-state index is 12.6. The largest absolute Gasteiger partial charge is 0.495 e. The van der Waals surface area contributed by atoms with Crippen LogP contribution in [0.5, 0.6) is 5.75 Å². The van der Waals surface area contributed by atoms with E-state index in [4.69, 9.17) is 22.1 Å². The molecule has 0 aliphatic carbocycles. The second kappa shape index (κ2) is 7.79. The zero-order chi connectivity index (χ0) is 16.0.